The van der Waals surface area contributed by atoms with Gasteiger partial charge in [0.2, 0.25) is 0 Å². The fraction of sp³-hybridized carbons (Fsp3) is 0.133. The largest absolute Gasteiger partial charge is 0.573 e. The van der Waals surface area contributed by atoms with Crippen LogP contribution in [0.15, 0.2) is 42.5 Å². The van der Waals surface area contributed by atoms with Crippen molar-refractivity contribution in [3.8, 4) is 17.1 Å². The molecule has 0 aliphatic carbocycles. The van der Waals surface area contributed by atoms with Crippen molar-refractivity contribution in [2.24, 2.45) is 0 Å². The molecule has 0 unspecified atom stereocenters. The summed E-state index contributed by atoms with van der Waals surface area (Å²) in [6.45, 7) is -0.0756. The molecule has 0 atom stereocenters. The molecule has 3 rings (SSSR count). The van der Waals surface area contributed by atoms with E-state index in [1.807, 2.05) is 0 Å². The highest BCUT2D eigenvalue weighted by Gasteiger charge is 2.30. The van der Waals surface area contributed by atoms with E-state index in [2.05, 4.69) is 14.7 Å². The molecule has 0 amide bonds. The summed E-state index contributed by atoms with van der Waals surface area (Å²) < 4.78 is 40.2. The van der Waals surface area contributed by atoms with E-state index >= 15 is 0 Å². The van der Waals surface area contributed by atoms with Crippen LogP contribution in [0.5, 0.6) is 5.75 Å². The maximum atomic E-state index is 12.1. The van der Waals surface area contributed by atoms with E-state index in [9.17, 15) is 13.2 Å². The number of H-pyrrole nitrogens is 1. The van der Waals surface area contributed by atoms with Gasteiger partial charge in [0.25, 0.3) is 0 Å². The summed E-state index contributed by atoms with van der Waals surface area (Å²) in [6.07, 6.45) is -4.71. The highest BCUT2D eigenvalue weighted by Crippen LogP contribution is 2.26. The smallest absolute Gasteiger partial charge is 0.406 e. The van der Waals surface area contributed by atoms with Gasteiger partial charge >= 0.3 is 6.36 Å². The minimum atomic E-state index is -4.71. The van der Waals surface area contributed by atoms with E-state index in [0.717, 1.165) is 11.1 Å². The third kappa shape index (κ3) is 3.04. The Hall–Kier alpha value is -2.54. The van der Waals surface area contributed by atoms with E-state index in [1.54, 1.807) is 18.2 Å². The molecule has 7 heteroatoms. The van der Waals surface area contributed by atoms with Crippen molar-refractivity contribution in [3.05, 3.63) is 48.0 Å². The van der Waals surface area contributed by atoms with Gasteiger partial charge in [-0.05, 0) is 42.0 Å². The second-order valence-electron chi connectivity index (χ2n) is 4.67. The van der Waals surface area contributed by atoms with Gasteiger partial charge in [-0.15, -0.1) is 13.2 Å². The van der Waals surface area contributed by atoms with Crippen LogP contribution in [0.4, 0.5) is 13.2 Å². The molecule has 2 N–H and O–H groups in total. The Morgan fingerprint density at radius 3 is 2.45 bits per heavy atom. The number of imidazole rings is 1. The van der Waals surface area contributed by atoms with Gasteiger partial charge in [0, 0.05) is 5.56 Å². The van der Waals surface area contributed by atoms with Crippen LogP contribution in [0.25, 0.3) is 22.4 Å². The molecule has 1 aromatic heterocycles. The molecule has 0 fully saturated rings. The number of aromatic amines is 1. The summed E-state index contributed by atoms with van der Waals surface area (Å²) in [6, 6.07) is 10.7. The summed E-state index contributed by atoms with van der Waals surface area (Å²) in [5, 5.41) is 9.10. The number of nitrogens with one attached hydrogen (secondary N) is 1. The number of hydrogen-bond acceptors (Lipinski definition) is 3. The first-order valence-electron chi connectivity index (χ1n) is 6.40. The molecule has 22 heavy (non-hydrogen) atoms. The fourth-order valence-electron chi connectivity index (χ4n) is 2.11. The van der Waals surface area contributed by atoms with Crippen LogP contribution >= 0.6 is 0 Å². The molecule has 0 radical (unpaired) electrons. The van der Waals surface area contributed by atoms with Crippen LogP contribution in [0.3, 0.4) is 0 Å². The van der Waals surface area contributed by atoms with E-state index in [4.69, 9.17) is 5.11 Å². The van der Waals surface area contributed by atoms with Crippen molar-refractivity contribution in [2.75, 3.05) is 0 Å². The van der Waals surface area contributed by atoms with Crippen molar-refractivity contribution in [2.45, 2.75) is 13.0 Å². The van der Waals surface area contributed by atoms with Gasteiger partial charge in [-0.25, -0.2) is 4.98 Å². The predicted octanol–water partition coefficient (Wildman–Crippen LogP) is 3.62. The normalized spacial score (nSPS) is 11.8. The van der Waals surface area contributed by atoms with Crippen molar-refractivity contribution in [3.63, 3.8) is 0 Å². The van der Waals surface area contributed by atoms with Gasteiger partial charge in [-0.1, -0.05) is 6.07 Å². The Kier molecular flexibility index (Phi) is 3.50. The number of aromatic nitrogens is 2. The highest BCUT2D eigenvalue weighted by molar-refractivity contribution is 5.80. The third-order valence-electron chi connectivity index (χ3n) is 3.09. The first-order valence-corrected chi connectivity index (χ1v) is 6.40. The summed E-state index contributed by atoms with van der Waals surface area (Å²) in [4.78, 5) is 7.43. The number of aliphatic hydroxyl groups is 1. The number of ether oxygens (including phenoxy) is 1. The molecule has 0 spiro atoms. The number of benzene rings is 2. The lowest BCUT2D eigenvalue weighted by Gasteiger charge is -2.08. The van der Waals surface area contributed by atoms with Crippen LogP contribution in [0, 0.1) is 0 Å². The van der Waals surface area contributed by atoms with Gasteiger partial charge in [-0.3, -0.25) is 0 Å². The number of hydrogen-bond donors (Lipinski definition) is 2. The quantitative estimate of drug-likeness (QED) is 0.777. The number of nitrogens with zero attached hydrogens (tertiary/aromatic N) is 1. The lowest BCUT2D eigenvalue weighted by atomic mass is 10.2. The molecule has 3 aromatic rings. The van der Waals surface area contributed by atoms with Gasteiger partial charge in [0.1, 0.15) is 11.6 Å². The number of aliphatic hydroxyl groups excluding tert-OH is 1. The van der Waals surface area contributed by atoms with Gasteiger partial charge < -0.3 is 14.8 Å². The van der Waals surface area contributed by atoms with Crippen LogP contribution in [0.2, 0.25) is 0 Å². The number of halogens is 3. The molecule has 0 saturated heterocycles. The number of rotatable bonds is 3. The van der Waals surface area contributed by atoms with Crippen LogP contribution in [-0.4, -0.2) is 21.4 Å². The average molecular weight is 308 g/mol. The van der Waals surface area contributed by atoms with Gasteiger partial charge in [-0.2, -0.15) is 0 Å². The van der Waals surface area contributed by atoms with Crippen molar-refractivity contribution in [1.82, 2.24) is 9.97 Å². The molecular formula is C15H11F3N2O2. The zero-order valence-corrected chi connectivity index (χ0v) is 11.2. The number of alkyl halides is 3. The van der Waals surface area contributed by atoms with E-state index in [1.165, 1.54) is 24.3 Å². The molecule has 0 aliphatic heterocycles. The number of fused-ring (bicyclic) bond motifs is 1. The van der Waals surface area contributed by atoms with Crippen LogP contribution in [0.1, 0.15) is 5.56 Å². The summed E-state index contributed by atoms with van der Waals surface area (Å²) in [5.74, 6) is 0.249. The maximum Gasteiger partial charge on any atom is 0.573 e. The van der Waals surface area contributed by atoms with Crippen molar-refractivity contribution in [1.29, 1.82) is 0 Å². The molecule has 0 saturated carbocycles. The molecule has 0 aliphatic rings. The van der Waals surface area contributed by atoms with Gasteiger partial charge in [0.05, 0.1) is 17.6 Å². The molecule has 0 bridgehead atoms. The standard InChI is InChI=1S/C15H11F3N2O2/c16-15(17,18)22-11-4-2-10(3-5-11)14-19-12-6-1-9(8-21)7-13(12)20-14/h1-7,21H,8H2,(H,19,20). The zero-order chi connectivity index (χ0) is 15.7. The average Bonchev–Trinajstić information content (AvgIpc) is 2.89. The fourth-order valence-corrected chi connectivity index (χ4v) is 2.11. The SMILES string of the molecule is OCc1ccc2nc(-c3ccc(OC(F)(F)F)cc3)[nH]c2c1. The first-order chi connectivity index (χ1) is 10.4. The minimum Gasteiger partial charge on any atom is -0.406 e. The molecule has 1 heterocycles. The lowest BCUT2D eigenvalue weighted by Crippen LogP contribution is -2.16. The zero-order valence-electron chi connectivity index (χ0n) is 11.2. The maximum absolute atomic E-state index is 12.1. The Morgan fingerprint density at radius 2 is 1.82 bits per heavy atom. The van der Waals surface area contributed by atoms with Crippen LogP contribution in [-0.2, 0) is 6.61 Å². The Morgan fingerprint density at radius 1 is 1.09 bits per heavy atom. The predicted molar refractivity (Wildman–Crippen MR) is 74.1 cm³/mol. The Balaban J connectivity index is 1.90. The highest BCUT2D eigenvalue weighted by atomic mass is 19.4. The van der Waals surface area contributed by atoms with Gasteiger partial charge in [0.15, 0.2) is 0 Å². The molecular weight excluding hydrogens is 297 g/mol. The second-order valence-corrected chi connectivity index (χ2v) is 4.67. The molecule has 2 aromatic carbocycles. The van der Waals surface area contributed by atoms with Crippen molar-refractivity contribution >= 4 is 11.0 Å². The minimum absolute atomic E-state index is 0.0756. The molecule has 114 valence electrons. The molecule has 4 nitrogen and oxygen atoms in total. The van der Waals surface area contributed by atoms with E-state index in [0.29, 0.717) is 16.9 Å². The summed E-state index contributed by atoms with van der Waals surface area (Å²) in [5.41, 5.74) is 2.84. The third-order valence-corrected chi connectivity index (χ3v) is 3.09. The van der Waals surface area contributed by atoms with E-state index in [-0.39, 0.29) is 12.4 Å². The first kappa shape index (κ1) is 14.4. The van der Waals surface area contributed by atoms with Crippen LogP contribution < -0.4 is 4.74 Å². The summed E-state index contributed by atoms with van der Waals surface area (Å²) in [7, 11) is 0. The Bertz CT molecular complexity index is 795. The van der Waals surface area contributed by atoms with E-state index < -0.39 is 6.36 Å². The Labute approximate surface area is 123 Å². The lowest BCUT2D eigenvalue weighted by molar-refractivity contribution is -0.274. The topological polar surface area (TPSA) is 58.1 Å². The van der Waals surface area contributed by atoms with Crippen molar-refractivity contribution < 1.29 is 23.0 Å². The monoisotopic (exact) mass is 308 g/mol. The second kappa shape index (κ2) is 5.34. The summed E-state index contributed by atoms with van der Waals surface area (Å²) >= 11 is 0.